The molecule has 3 rings (SSSR count). The van der Waals surface area contributed by atoms with Crippen LogP contribution in [0.5, 0.6) is 0 Å². The molecule has 0 radical (unpaired) electrons. The highest BCUT2D eigenvalue weighted by Crippen LogP contribution is 2.42. The molecule has 0 atom stereocenters. The van der Waals surface area contributed by atoms with Crippen LogP contribution in [-0.2, 0) is 0 Å². The lowest BCUT2D eigenvalue weighted by atomic mass is 9.97. The van der Waals surface area contributed by atoms with Gasteiger partial charge in [-0.2, -0.15) is 0 Å². The Hall–Kier alpha value is -1.90. The molecule has 1 heterocycles. The number of Topliss-reactive ketones (excluding diaryl/α,β-unsaturated/α-hetero) is 1. The average molecular weight is 341 g/mol. The predicted molar refractivity (Wildman–Crippen MR) is 99.6 cm³/mol. The van der Waals surface area contributed by atoms with E-state index in [1.807, 2.05) is 49.4 Å². The first kappa shape index (κ1) is 16.0. The Kier molecular flexibility index (Phi) is 4.65. The van der Waals surface area contributed by atoms with E-state index in [4.69, 9.17) is 11.6 Å². The maximum absolute atomic E-state index is 12.4. The first-order valence-electron chi connectivity index (χ1n) is 7.59. The van der Waals surface area contributed by atoms with E-state index < -0.39 is 0 Å². The van der Waals surface area contributed by atoms with Crippen molar-refractivity contribution in [1.29, 1.82) is 0 Å². The van der Waals surface area contributed by atoms with Crippen LogP contribution in [0, 0.1) is 6.92 Å². The molecule has 0 bridgehead atoms. The van der Waals surface area contributed by atoms with E-state index in [0.717, 1.165) is 37.0 Å². The summed E-state index contributed by atoms with van der Waals surface area (Å²) in [5.41, 5.74) is 4.41. The van der Waals surface area contributed by atoms with E-state index in [1.54, 1.807) is 11.3 Å². The summed E-state index contributed by atoms with van der Waals surface area (Å²) < 4.78 is 0. The largest absolute Gasteiger partial charge is 0.293 e. The summed E-state index contributed by atoms with van der Waals surface area (Å²) in [4.78, 5) is 14.4. The van der Waals surface area contributed by atoms with Crippen molar-refractivity contribution >= 4 is 28.7 Å². The first-order chi connectivity index (χ1) is 11.1. The van der Waals surface area contributed by atoms with E-state index in [-0.39, 0.29) is 5.78 Å². The zero-order chi connectivity index (χ0) is 16.4. The number of hydrogen-bond acceptors (Lipinski definition) is 2. The van der Waals surface area contributed by atoms with Gasteiger partial charge in [-0.15, -0.1) is 11.3 Å². The summed E-state index contributed by atoms with van der Waals surface area (Å²) in [5, 5.41) is 0.719. The zero-order valence-corrected chi connectivity index (χ0v) is 14.7. The topological polar surface area (TPSA) is 17.1 Å². The van der Waals surface area contributed by atoms with Crippen molar-refractivity contribution in [3.05, 3.63) is 70.1 Å². The second kappa shape index (κ2) is 6.69. The molecule has 0 saturated heterocycles. The zero-order valence-electron chi connectivity index (χ0n) is 13.1. The fourth-order valence-electron chi connectivity index (χ4n) is 2.70. The van der Waals surface area contributed by atoms with Crippen molar-refractivity contribution in [2.45, 2.75) is 20.3 Å². The Labute approximate surface area is 145 Å². The Morgan fingerprint density at radius 1 is 1.00 bits per heavy atom. The summed E-state index contributed by atoms with van der Waals surface area (Å²) in [6.07, 6.45) is 0.514. The van der Waals surface area contributed by atoms with E-state index in [2.05, 4.69) is 19.1 Å². The number of carbonyl (C=O) groups is 1. The molecule has 0 N–H and O–H groups in total. The molecule has 0 spiro atoms. The van der Waals surface area contributed by atoms with Gasteiger partial charge in [0.1, 0.15) is 0 Å². The van der Waals surface area contributed by atoms with Crippen molar-refractivity contribution in [2.24, 2.45) is 0 Å². The van der Waals surface area contributed by atoms with Crippen LogP contribution in [0.25, 0.3) is 21.6 Å². The second-order valence-corrected chi connectivity index (χ2v) is 6.87. The van der Waals surface area contributed by atoms with Crippen molar-refractivity contribution < 1.29 is 4.79 Å². The van der Waals surface area contributed by atoms with Gasteiger partial charge in [-0.25, -0.2) is 0 Å². The number of benzene rings is 2. The monoisotopic (exact) mass is 340 g/mol. The molecule has 0 saturated carbocycles. The Morgan fingerprint density at radius 3 is 2.26 bits per heavy atom. The third-order valence-corrected chi connectivity index (χ3v) is 5.52. The number of carbonyl (C=O) groups excluding carboxylic acids is 1. The van der Waals surface area contributed by atoms with Crippen molar-refractivity contribution in [1.82, 2.24) is 0 Å². The fourth-order valence-corrected chi connectivity index (χ4v) is 4.17. The number of rotatable bonds is 4. The minimum Gasteiger partial charge on any atom is -0.293 e. The quantitative estimate of drug-likeness (QED) is 0.487. The molecule has 0 aliphatic heterocycles. The third kappa shape index (κ3) is 3.10. The van der Waals surface area contributed by atoms with Crippen LogP contribution >= 0.6 is 22.9 Å². The minimum atomic E-state index is 0.192. The normalized spacial score (nSPS) is 10.7. The number of hydrogen-bond donors (Lipinski definition) is 0. The first-order valence-corrected chi connectivity index (χ1v) is 8.79. The maximum atomic E-state index is 12.4. The van der Waals surface area contributed by atoms with Gasteiger partial charge in [0.2, 0.25) is 0 Å². The van der Waals surface area contributed by atoms with Gasteiger partial charge in [0.05, 0.1) is 4.88 Å². The molecule has 0 aliphatic rings. The van der Waals surface area contributed by atoms with E-state index in [9.17, 15) is 4.79 Å². The van der Waals surface area contributed by atoms with Crippen LogP contribution in [-0.4, -0.2) is 5.78 Å². The van der Waals surface area contributed by atoms with E-state index >= 15 is 0 Å². The summed E-state index contributed by atoms with van der Waals surface area (Å²) in [6.45, 7) is 4.00. The third-order valence-electron chi connectivity index (χ3n) is 3.89. The van der Waals surface area contributed by atoms with Crippen molar-refractivity contribution in [3.63, 3.8) is 0 Å². The molecule has 1 nitrogen and oxygen atoms in total. The molecule has 0 amide bonds. The summed E-state index contributed by atoms with van der Waals surface area (Å²) in [5.74, 6) is 0.192. The molecular formula is C20H17ClOS. The van der Waals surface area contributed by atoms with Gasteiger partial charge in [-0.1, -0.05) is 61.0 Å². The number of ketones is 1. The molecule has 2 aromatic carbocycles. The smallest absolute Gasteiger partial charge is 0.173 e. The summed E-state index contributed by atoms with van der Waals surface area (Å²) in [7, 11) is 0. The number of thiophene rings is 1. The Bertz CT molecular complexity index is 832. The SMILES string of the molecule is CCC(=O)c1sc(-c2ccc(Cl)cc2)c(C)c1-c1ccccc1. The predicted octanol–water partition coefficient (Wildman–Crippen LogP) is 6.64. The average Bonchev–Trinajstić information content (AvgIpc) is 2.93. The molecule has 0 fully saturated rings. The van der Waals surface area contributed by atoms with Gasteiger partial charge in [0, 0.05) is 21.9 Å². The summed E-state index contributed by atoms with van der Waals surface area (Å²) in [6, 6.07) is 17.9. The lowest BCUT2D eigenvalue weighted by molar-refractivity contribution is 0.0992. The molecular weight excluding hydrogens is 324 g/mol. The van der Waals surface area contributed by atoms with Gasteiger partial charge in [0.25, 0.3) is 0 Å². The molecule has 23 heavy (non-hydrogen) atoms. The molecule has 3 heteroatoms. The minimum absolute atomic E-state index is 0.192. The van der Waals surface area contributed by atoms with Crippen LogP contribution in [0.15, 0.2) is 54.6 Å². The highest BCUT2D eigenvalue weighted by atomic mass is 35.5. The van der Waals surface area contributed by atoms with E-state index in [1.165, 1.54) is 0 Å². The van der Waals surface area contributed by atoms with Crippen LogP contribution in [0.2, 0.25) is 5.02 Å². The molecule has 1 aromatic heterocycles. The van der Waals surface area contributed by atoms with Crippen LogP contribution in [0.3, 0.4) is 0 Å². The fraction of sp³-hybridized carbons (Fsp3) is 0.150. The highest BCUT2D eigenvalue weighted by molar-refractivity contribution is 7.18. The Morgan fingerprint density at radius 2 is 1.65 bits per heavy atom. The highest BCUT2D eigenvalue weighted by Gasteiger charge is 2.21. The lowest BCUT2D eigenvalue weighted by Gasteiger charge is -2.05. The standard InChI is InChI=1S/C20H17ClOS/c1-3-17(22)20-18(14-7-5-4-6-8-14)13(2)19(23-20)15-9-11-16(21)12-10-15/h4-12H,3H2,1-2H3. The van der Waals surface area contributed by atoms with Crippen LogP contribution in [0.1, 0.15) is 28.6 Å². The van der Waals surface area contributed by atoms with Gasteiger partial charge in [-0.05, 0) is 35.7 Å². The van der Waals surface area contributed by atoms with Gasteiger partial charge in [-0.3, -0.25) is 4.79 Å². The van der Waals surface area contributed by atoms with Gasteiger partial charge >= 0.3 is 0 Å². The van der Waals surface area contributed by atoms with Crippen LogP contribution in [0.4, 0.5) is 0 Å². The summed E-state index contributed by atoms with van der Waals surface area (Å²) >= 11 is 7.57. The molecule has 116 valence electrons. The lowest BCUT2D eigenvalue weighted by Crippen LogP contribution is -1.95. The van der Waals surface area contributed by atoms with Crippen molar-refractivity contribution in [3.8, 4) is 21.6 Å². The van der Waals surface area contributed by atoms with Gasteiger partial charge < -0.3 is 0 Å². The van der Waals surface area contributed by atoms with Gasteiger partial charge in [0.15, 0.2) is 5.78 Å². The second-order valence-electron chi connectivity index (χ2n) is 5.41. The molecule has 0 unspecified atom stereocenters. The number of halogens is 1. The maximum Gasteiger partial charge on any atom is 0.173 e. The van der Waals surface area contributed by atoms with Crippen LogP contribution < -0.4 is 0 Å². The van der Waals surface area contributed by atoms with E-state index in [0.29, 0.717) is 6.42 Å². The van der Waals surface area contributed by atoms with Crippen molar-refractivity contribution in [2.75, 3.05) is 0 Å². The Balaban J connectivity index is 2.22. The molecule has 3 aromatic rings. The molecule has 0 aliphatic carbocycles.